The summed E-state index contributed by atoms with van der Waals surface area (Å²) in [5.74, 6) is 0.615. The first-order valence-corrected chi connectivity index (χ1v) is 8.13. The van der Waals surface area contributed by atoms with Crippen molar-refractivity contribution in [2.24, 2.45) is 5.92 Å². The van der Waals surface area contributed by atoms with E-state index in [1.165, 1.54) is 28.0 Å². The molecule has 2 rings (SSSR count). The molecule has 0 fully saturated rings. The summed E-state index contributed by atoms with van der Waals surface area (Å²) in [5.41, 5.74) is 6.55. The fourth-order valence-electron chi connectivity index (χ4n) is 2.89. The van der Waals surface area contributed by atoms with Crippen LogP contribution in [-0.2, 0) is 6.42 Å². The van der Waals surface area contributed by atoms with Crippen molar-refractivity contribution in [3.05, 3.63) is 82.6 Å². The third kappa shape index (κ3) is 4.00. The van der Waals surface area contributed by atoms with Crippen LogP contribution in [0.1, 0.15) is 31.4 Å². The Kier molecular flexibility index (Phi) is 5.83. The Morgan fingerprint density at radius 2 is 2.09 bits per heavy atom. The largest absolute Gasteiger partial charge is 0.388 e. The van der Waals surface area contributed by atoms with Crippen LogP contribution in [-0.4, -0.2) is 7.05 Å². The van der Waals surface area contributed by atoms with Gasteiger partial charge in [0.25, 0.3) is 0 Å². The number of likely N-dealkylation sites (N-methyl/N-ethyl adjacent to an activating group) is 1. The molecule has 0 spiro atoms. The second-order valence-electron chi connectivity index (χ2n) is 5.94. The monoisotopic (exact) mass is 293 g/mol. The summed E-state index contributed by atoms with van der Waals surface area (Å²) < 4.78 is 0. The molecule has 1 aliphatic rings. The summed E-state index contributed by atoms with van der Waals surface area (Å²) in [7, 11) is 2.00. The molecule has 1 N–H and O–H groups in total. The molecule has 0 aromatic heterocycles. The van der Waals surface area contributed by atoms with E-state index >= 15 is 0 Å². The van der Waals surface area contributed by atoms with E-state index < -0.39 is 0 Å². The number of rotatable bonds is 5. The maximum atomic E-state index is 3.37. The summed E-state index contributed by atoms with van der Waals surface area (Å²) in [6.45, 7) is 6.56. The minimum Gasteiger partial charge on any atom is -0.388 e. The lowest BCUT2D eigenvalue weighted by molar-refractivity contribution is 0.730. The van der Waals surface area contributed by atoms with Crippen molar-refractivity contribution in [2.45, 2.75) is 33.6 Å². The third-order valence-electron chi connectivity index (χ3n) is 4.22. The Bertz CT molecular complexity index is 629. The molecule has 1 heteroatoms. The van der Waals surface area contributed by atoms with E-state index in [1.807, 2.05) is 7.05 Å². The van der Waals surface area contributed by atoms with Crippen LogP contribution in [0.3, 0.4) is 0 Å². The molecule has 0 amide bonds. The molecular formula is C21H27N. The Balaban J connectivity index is 2.24. The number of aryl methyl sites for hydroxylation is 1. The summed E-state index contributed by atoms with van der Waals surface area (Å²) >= 11 is 0. The van der Waals surface area contributed by atoms with Crippen LogP contribution < -0.4 is 5.32 Å². The quantitative estimate of drug-likeness (QED) is 0.744. The second kappa shape index (κ2) is 7.84. The normalized spacial score (nSPS) is 19.1. The second-order valence-corrected chi connectivity index (χ2v) is 5.94. The Labute approximate surface area is 135 Å². The van der Waals surface area contributed by atoms with Crippen molar-refractivity contribution < 1.29 is 0 Å². The first-order chi connectivity index (χ1) is 10.7. The van der Waals surface area contributed by atoms with Crippen molar-refractivity contribution in [1.82, 2.24) is 5.32 Å². The van der Waals surface area contributed by atoms with E-state index in [0.717, 1.165) is 12.8 Å². The highest BCUT2D eigenvalue weighted by Gasteiger charge is 2.11. The lowest BCUT2D eigenvalue weighted by Crippen LogP contribution is -2.11. The van der Waals surface area contributed by atoms with E-state index in [9.17, 15) is 0 Å². The number of benzene rings is 1. The fourth-order valence-corrected chi connectivity index (χ4v) is 2.89. The van der Waals surface area contributed by atoms with Crippen molar-refractivity contribution in [2.75, 3.05) is 7.05 Å². The van der Waals surface area contributed by atoms with Gasteiger partial charge in [-0.2, -0.15) is 0 Å². The zero-order valence-electron chi connectivity index (χ0n) is 14.2. The predicted octanol–water partition coefficient (Wildman–Crippen LogP) is 5.11. The zero-order valence-corrected chi connectivity index (χ0v) is 14.2. The minimum absolute atomic E-state index is 0.615. The van der Waals surface area contributed by atoms with Crippen molar-refractivity contribution >= 4 is 0 Å². The fraction of sp³-hybridized carbons (Fsp3) is 0.333. The highest BCUT2D eigenvalue weighted by atomic mass is 14.8. The summed E-state index contributed by atoms with van der Waals surface area (Å²) in [6.07, 6.45) is 13.5. The summed E-state index contributed by atoms with van der Waals surface area (Å²) in [6, 6.07) is 8.58. The average molecular weight is 293 g/mol. The first kappa shape index (κ1) is 16.4. The molecule has 0 radical (unpaired) electrons. The molecule has 1 aromatic carbocycles. The number of allylic oxidation sites excluding steroid dienone is 6. The van der Waals surface area contributed by atoms with Gasteiger partial charge < -0.3 is 5.32 Å². The van der Waals surface area contributed by atoms with Gasteiger partial charge in [-0.15, -0.1) is 0 Å². The molecule has 1 aromatic rings. The lowest BCUT2D eigenvalue weighted by Gasteiger charge is -2.18. The van der Waals surface area contributed by atoms with Crippen molar-refractivity contribution in [3.8, 4) is 0 Å². The van der Waals surface area contributed by atoms with Gasteiger partial charge >= 0.3 is 0 Å². The molecule has 1 aliphatic carbocycles. The highest BCUT2D eigenvalue weighted by molar-refractivity contribution is 5.52. The Morgan fingerprint density at radius 3 is 2.73 bits per heavy atom. The number of hydrogen-bond acceptors (Lipinski definition) is 1. The number of hydrogen-bond donors (Lipinski definition) is 1. The van der Waals surface area contributed by atoms with Gasteiger partial charge in [0.05, 0.1) is 0 Å². The molecule has 22 heavy (non-hydrogen) atoms. The van der Waals surface area contributed by atoms with Gasteiger partial charge in [-0.1, -0.05) is 61.6 Å². The van der Waals surface area contributed by atoms with E-state index in [0.29, 0.717) is 5.92 Å². The van der Waals surface area contributed by atoms with Gasteiger partial charge in [0.2, 0.25) is 0 Å². The molecule has 0 heterocycles. The van der Waals surface area contributed by atoms with Crippen LogP contribution in [0.25, 0.3) is 0 Å². The third-order valence-corrected chi connectivity index (χ3v) is 4.22. The van der Waals surface area contributed by atoms with E-state index in [4.69, 9.17) is 0 Å². The lowest BCUT2D eigenvalue weighted by atomic mass is 9.91. The van der Waals surface area contributed by atoms with E-state index in [2.05, 4.69) is 80.7 Å². The van der Waals surface area contributed by atoms with Gasteiger partial charge in [0.15, 0.2) is 0 Å². The van der Waals surface area contributed by atoms with Crippen LogP contribution in [0.4, 0.5) is 0 Å². The topological polar surface area (TPSA) is 12.0 Å². The molecule has 1 nitrogen and oxygen atoms in total. The molecule has 1 unspecified atom stereocenters. The van der Waals surface area contributed by atoms with Gasteiger partial charge in [-0.3, -0.25) is 0 Å². The molecule has 0 saturated carbocycles. The SMILES string of the molecule is C/C=C(C1=CC(C)CC=C1)\C(=C/Cc1ccccc1C)NC. The van der Waals surface area contributed by atoms with E-state index in [1.54, 1.807) is 0 Å². The Hall–Kier alpha value is -2.02. The van der Waals surface area contributed by atoms with Crippen molar-refractivity contribution in [3.63, 3.8) is 0 Å². The predicted molar refractivity (Wildman–Crippen MR) is 96.8 cm³/mol. The van der Waals surface area contributed by atoms with Crippen LogP contribution in [0.5, 0.6) is 0 Å². The summed E-state index contributed by atoms with van der Waals surface area (Å²) in [5, 5.41) is 3.37. The summed E-state index contributed by atoms with van der Waals surface area (Å²) in [4.78, 5) is 0. The smallest absolute Gasteiger partial charge is 0.0376 e. The van der Waals surface area contributed by atoms with Gasteiger partial charge in [0, 0.05) is 12.7 Å². The molecule has 0 bridgehead atoms. The zero-order chi connectivity index (χ0) is 15.9. The van der Waals surface area contributed by atoms with Crippen LogP contribution >= 0.6 is 0 Å². The molecular weight excluding hydrogens is 266 g/mol. The molecule has 116 valence electrons. The van der Waals surface area contributed by atoms with Gasteiger partial charge in [0.1, 0.15) is 0 Å². The van der Waals surface area contributed by atoms with Crippen LogP contribution in [0.15, 0.2) is 71.5 Å². The van der Waals surface area contributed by atoms with Crippen LogP contribution in [0.2, 0.25) is 0 Å². The minimum atomic E-state index is 0.615. The first-order valence-electron chi connectivity index (χ1n) is 8.13. The van der Waals surface area contributed by atoms with Crippen LogP contribution in [0, 0.1) is 12.8 Å². The van der Waals surface area contributed by atoms with Gasteiger partial charge in [-0.05, 0) is 54.9 Å². The average Bonchev–Trinajstić information content (AvgIpc) is 2.52. The molecule has 0 saturated heterocycles. The molecule has 0 aliphatic heterocycles. The van der Waals surface area contributed by atoms with Gasteiger partial charge in [-0.25, -0.2) is 0 Å². The Morgan fingerprint density at radius 1 is 1.32 bits per heavy atom. The highest BCUT2D eigenvalue weighted by Crippen LogP contribution is 2.26. The maximum absolute atomic E-state index is 3.37. The number of nitrogens with one attached hydrogen (secondary N) is 1. The van der Waals surface area contributed by atoms with E-state index in [-0.39, 0.29) is 0 Å². The maximum Gasteiger partial charge on any atom is 0.0376 e. The van der Waals surface area contributed by atoms with Crippen molar-refractivity contribution in [1.29, 1.82) is 0 Å². The molecule has 1 atom stereocenters. The standard InChI is InChI=1S/C21H27N/c1-5-20(19-12-8-9-16(2)15-19)21(22-4)14-13-18-11-7-6-10-17(18)3/h5-8,10-12,14-16,22H,9,13H2,1-4H3/b20-5-,21-14+.